The predicted octanol–water partition coefficient (Wildman–Crippen LogP) is 0.914. The van der Waals surface area contributed by atoms with Crippen LogP contribution in [0.1, 0.15) is 12.1 Å². The van der Waals surface area contributed by atoms with Crippen LogP contribution in [0.4, 0.5) is 0 Å². The van der Waals surface area contributed by atoms with E-state index in [-0.39, 0.29) is 0 Å². The zero-order valence-corrected chi connectivity index (χ0v) is 9.35. The van der Waals surface area contributed by atoms with Crippen LogP contribution in [0, 0.1) is 6.92 Å². The molecule has 4 nitrogen and oxygen atoms in total. The minimum atomic E-state index is 0.893. The Bertz CT molecular complexity index is 292. The lowest BCUT2D eigenvalue weighted by molar-refractivity contribution is 0.0369. The lowest BCUT2D eigenvalue weighted by Crippen LogP contribution is -2.37. The quantitative estimate of drug-likeness (QED) is 0.738. The van der Waals surface area contributed by atoms with Crippen molar-refractivity contribution in [3.8, 4) is 0 Å². The van der Waals surface area contributed by atoms with Crippen molar-refractivity contribution in [2.24, 2.45) is 0 Å². The van der Waals surface area contributed by atoms with Gasteiger partial charge in [-0.1, -0.05) is 0 Å². The van der Waals surface area contributed by atoms with Gasteiger partial charge in [0.05, 0.1) is 25.2 Å². The molecule has 84 valence electrons. The fourth-order valence-electron chi connectivity index (χ4n) is 1.90. The molecular formula is C11H19N3O. The number of hydrogen-bond donors (Lipinski definition) is 0. The van der Waals surface area contributed by atoms with Crippen molar-refractivity contribution < 1.29 is 4.74 Å². The molecule has 1 aliphatic heterocycles. The molecule has 1 aromatic heterocycles. The number of rotatable bonds is 4. The van der Waals surface area contributed by atoms with Crippen molar-refractivity contribution in [3.63, 3.8) is 0 Å². The molecule has 0 saturated carbocycles. The second-order valence-corrected chi connectivity index (χ2v) is 4.06. The lowest BCUT2D eigenvalue weighted by atomic mass is 10.3. The number of hydrogen-bond acceptors (Lipinski definition) is 3. The van der Waals surface area contributed by atoms with E-state index in [1.165, 1.54) is 13.0 Å². The topological polar surface area (TPSA) is 30.3 Å². The summed E-state index contributed by atoms with van der Waals surface area (Å²) in [6.45, 7) is 8.22. The van der Waals surface area contributed by atoms with Gasteiger partial charge in [0.15, 0.2) is 0 Å². The summed E-state index contributed by atoms with van der Waals surface area (Å²) in [6, 6.07) is 0. The summed E-state index contributed by atoms with van der Waals surface area (Å²) < 4.78 is 7.47. The number of morpholine rings is 1. The first-order valence-corrected chi connectivity index (χ1v) is 5.63. The van der Waals surface area contributed by atoms with Crippen LogP contribution < -0.4 is 0 Å². The molecule has 0 spiro atoms. The smallest absolute Gasteiger partial charge is 0.0949 e. The highest BCUT2D eigenvalue weighted by Gasteiger charge is 2.09. The van der Waals surface area contributed by atoms with E-state index >= 15 is 0 Å². The van der Waals surface area contributed by atoms with Crippen molar-refractivity contribution in [3.05, 3.63) is 18.2 Å². The highest BCUT2D eigenvalue weighted by atomic mass is 16.5. The molecule has 2 heterocycles. The van der Waals surface area contributed by atoms with E-state index in [0.717, 1.165) is 38.5 Å². The van der Waals surface area contributed by atoms with Crippen molar-refractivity contribution in [1.82, 2.24) is 14.5 Å². The highest BCUT2D eigenvalue weighted by Crippen LogP contribution is 2.00. The minimum absolute atomic E-state index is 0.893. The first kappa shape index (κ1) is 10.6. The Kier molecular flexibility index (Phi) is 3.75. The van der Waals surface area contributed by atoms with E-state index in [1.807, 2.05) is 13.3 Å². The first-order chi connectivity index (χ1) is 7.34. The SMILES string of the molecule is Cc1cn(CCCN2CCOCC2)cn1. The van der Waals surface area contributed by atoms with Gasteiger partial charge in [0.25, 0.3) is 0 Å². The van der Waals surface area contributed by atoms with Gasteiger partial charge < -0.3 is 9.30 Å². The molecule has 4 heteroatoms. The summed E-state index contributed by atoms with van der Waals surface area (Å²) in [6.07, 6.45) is 5.20. The maximum absolute atomic E-state index is 5.31. The summed E-state index contributed by atoms with van der Waals surface area (Å²) in [7, 11) is 0. The molecule has 0 N–H and O–H groups in total. The zero-order valence-electron chi connectivity index (χ0n) is 9.35. The van der Waals surface area contributed by atoms with Gasteiger partial charge in [-0.25, -0.2) is 4.98 Å². The van der Waals surface area contributed by atoms with Crippen molar-refractivity contribution >= 4 is 0 Å². The largest absolute Gasteiger partial charge is 0.379 e. The molecule has 0 aromatic carbocycles. The summed E-state index contributed by atoms with van der Waals surface area (Å²) in [5.41, 5.74) is 1.10. The Balaban J connectivity index is 1.65. The Morgan fingerprint density at radius 1 is 1.33 bits per heavy atom. The van der Waals surface area contributed by atoms with Gasteiger partial charge in [-0.2, -0.15) is 0 Å². The number of aryl methyl sites for hydroxylation is 2. The highest BCUT2D eigenvalue weighted by molar-refractivity contribution is 4.91. The monoisotopic (exact) mass is 209 g/mol. The van der Waals surface area contributed by atoms with Crippen LogP contribution in [-0.2, 0) is 11.3 Å². The Hall–Kier alpha value is -0.870. The van der Waals surface area contributed by atoms with Crippen LogP contribution in [0.25, 0.3) is 0 Å². The molecule has 0 bridgehead atoms. The normalized spacial score (nSPS) is 18.2. The molecule has 0 amide bonds. The van der Waals surface area contributed by atoms with Gasteiger partial charge >= 0.3 is 0 Å². The molecule has 2 rings (SSSR count). The third kappa shape index (κ3) is 3.32. The third-order valence-electron chi connectivity index (χ3n) is 2.76. The van der Waals surface area contributed by atoms with Crippen LogP contribution in [0.3, 0.4) is 0 Å². The van der Waals surface area contributed by atoms with Crippen LogP contribution >= 0.6 is 0 Å². The predicted molar refractivity (Wildman–Crippen MR) is 58.8 cm³/mol. The molecule has 0 atom stereocenters. The fraction of sp³-hybridized carbons (Fsp3) is 0.727. The number of imidazole rings is 1. The van der Waals surface area contributed by atoms with Crippen LogP contribution in [0.15, 0.2) is 12.5 Å². The standard InChI is InChI=1S/C11H19N3O/c1-11-9-14(10-12-11)4-2-3-13-5-7-15-8-6-13/h9-10H,2-8H2,1H3. The van der Waals surface area contributed by atoms with E-state index in [1.54, 1.807) is 0 Å². The van der Waals surface area contributed by atoms with E-state index in [2.05, 4.69) is 20.6 Å². The van der Waals surface area contributed by atoms with Gasteiger partial charge in [0, 0.05) is 32.4 Å². The second kappa shape index (κ2) is 5.28. The maximum atomic E-state index is 5.31. The van der Waals surface area contributed by atoms with Gasteiger partial charge in [-0.15, -0.1) is 0 Å². The summed E-state index contributed by atoms with van der Waals surface area (Å²) in [5, 5.41) is 0. The number of nitrogens with zero attached hydrogens (tertiary/aromatic N) is 3. The van der Waals surface area contributed by atoms with Crippen molar-refractivity contribution in [1.29, 1.82) is 0 Å². The lowest BCUT2D eigenvalue weighted by Gasteiger charge is -2.26. The van der Waals surface area contributed by atoms with Crippen LogP contribution in [-0.4, -0.2) is 47.3 Å². The molecule has 1 aromatic rings. The van der Waals surface area contributed by atoms with E-state index < -0.39 is 0 Å². The van der Waals surface area contributed by atoms with Gasteiger partial charge in [-0.05, 0) is 13.3 Å². The Morgan fingerprint density at radius 3 is 2.80 bits per heavy atom. The van der Waals surface area contributed by atoms with Crippen LogP contribution in [0.5, 0.6) is 0 Å². The second-order valence-electron chi connectivity index (χ2n) is 4.06. The van der Waals surface area contributed by atoms with E-state index in [9.17, 15) is 0 Å². The molecule has 0 unspecified atom stereocenters. The van der Waals surface area contributed by atoms with Gasteiger partial charge in [0.2, 0.25) is 0 Å². The van der Waals surface area contributed by atoms with E-state index in [0.29, 0.717) is 0 Å². The van der Waals surface area contributed by atoms with Crippen LogP contribution in [0.2, 0.25) is 0 Å². The van der Waals surface area contributed by atoms with Gasteiger partial charge in [-0.3, -0.25) is 4.90 Å². The summed E-state index contributed by atoms with van der Waals surface area (Å²) >= 11 is 0. The molecule has 1 aliphatic rings. The number of ether oxygens (including phenoxy) is 1. The maximum Gasteiger partial charge on any atom is 0.0949 e. The first-order valence-electron chi connectivity index (χ1n) is 5.63. The molecule has 1 fully saturated rings. The fourth-order valence-corrected chi connectivity index (χ4v) is 1.90. The number of aromatic nitrogens is 2. The zero-order chi connectivity index (χ0) is 10.5. The van der Waals surface area contributed by atoms with Gasteiger partial charge in [0.1, 0.15) is 0 Å². The molecule has 0 radical (unpaired) electrons. The van der Waals surface area contributed by atoms with Crippen molar-refractivity contribution in [2.75, 3.05) is 32.8 Å². The summed E-state index contributed by atoms with van der Waals surface area (Å²) in [5.74, 6) is 0. The molecule has 15 heavy (non-hydrogen) atoms. The molecule has 0 aliphatic carbocycles. The molecular weight excluding hydrogens is 190 g/mol. The van der Waals surface area contributed by atoms with E-state index in [4.69, 9.17) is 4.74 Å². The third-order valence-corrected chi connectivity index (χ3v) is 2.76. The minimum Gasteiger partial charge on any atom is -0.379 e. The van der Waals surface area contributed by atoms with Crippen molar-refractivity contribution in [2.45, 2.75) is 19.9 Å². The average molecular weight is 209 g/mol. The Morgan fingerprint density at radius 2 is 2.13 bits per heavy atom. The summed E-state index contributed by atoms with van der Waals surface area (Å²) in [4.78, 5) is 6.68. The Labute approximate surface area is 90.9 Å². The molecule has 1 saturated heterocycles. The average Bonchev–Trinajstić information content (AvgIpc) is 2.66.